The van der Waals surface area contributed by atoms with Crippen molar-refractivity contribution in [2.24, 2.45) is 0 Å². The van der Waals surface area contributed by atoms with E-state index in [9.17, 15) is 14.4 Å². The molecular weight excluding hydrogens is 925 g/mol. The highest BCUT2D eigenvalue weighted by molar-refractivity contribution is 5.71. The average Bonchev–Trinajstić information content (AvgIpc) is 3.41. The number of rotatable bonds is 57. The average molecular weight is 1040 g/mol. The maximum atomic E-state index is 12.8. The van der Waals surface area contributed by atoms with Crippen LogP contribution in [0.4, 0.5) is 0 Å². The third-order valence-electron chi connectivity index (χ3n) is 13.6. The first-order chi connectivity index (χ1) is 37.0. The number of ether oxygens (including phenoxy) is 3. The van der Waals surface area contributed by atoms with Crippen LogP contribution in [0.15, 0.2) is 97.2 Å². The summed E-state index contributed by atoms with van der Waals surface area (Å²) in [4.78, 5) is 38.1. The van der Waals surface area contributed by atoms with Crippen molar-refractivity contribution in [3.8, 4) is 0 Å². The molecule has 0 aromatic rings. The Balaban J connectivity index is 4.08. The van der Waals surface area contributed by atoms with Crippen LogP contribution in [0.2, 0.25) is 0 Å². The van der Waals surface area contributed by atoms with Crippen molar-refractivity contribution in [3.63, 3.8) is 0 Å². The van der Waals surface area contributed by atoms with Gasteiger partial charge in [-0.3, -0.25) is 14.4 Å². The maximum absolute atomic E-state index is 12.8. The Hall–Kier alpha value is -3.67. The largest absolute Gasteiger partial charge is 0.462 e. The fraction of sp³-hybridized carbons (Fsp3) is 0.725. The van der Waals surface area contributed by atoms with Crippen LogP contribution in [0.1, 0.15) is 303 Å². The Bertz CT molecular complexity index is 1480. The van der Waals surface area contributed by atoms with E-state index in [2.05, 4.69) is 118 Å². The van der Waals surface area contributed by atoms with Crippen LogP contribution in [0.3, 0.4) is 0 Å². The molecule has 0 rings (SSSR count). The van der Waals surface area contributed by atoms with E-state index in [0.29, 0.717) is 19.3 Å². The predicted molar refractivity (Wildman–Crippen MR) is 325 cm³/mol. The van der Waals surface area contributed by atoms with Gasteiger partial charge in [-0.2, -0.15) is 0 Å². The third-order valence-corrected chi connectivity index (χ3v) is 13.6. The third kappa shape index (κ3) is 61.1. The second-order valence-electron chi connectivity index (χ2n) is 20.9. The molecule has 0 aliphatic rings. The van der Waals surface area contributed by atoms with E-state index in [1.807, 2.05) is 0 Å². The lowest BCUT2D eigenvalue weighted by atomic mass is 10.0. The van der Waals surface area contributed by atoms with Gasteiger partial charge in [0.25, 0.3) is 0 Å². The molecule has 0 aliphatic heterocycles. The van der Waals surface area contributed by atoms with Crippen LogP contribution in [-0.2, 0) is 28.6 Å². The fourth-order valence-corrected chi connectivity index (χ4v) is 8.90. The van der Waals surface area contributed by atoms with Crippen molar-refractivity contribution in [3.05, 3.63) is 97.2 Å². The van der Waals surface area contributed by atoms with Crippen LogP contribution in [0.25, 0.3) is 0 Å². The van der Waals surface area contributed by atoms with Crippen LogP contribution >= 0.6 is 0 Å². The molecular formula is C69H118O6. The second-order valence-corrected chi connectivity index (χ2v) is 20.9. The molecule has 0 fully saturated rings. The van der Waals surface area contributed by atoms with E-state index in [0.717, 1.165) is 103 Å². The van der Waals surface area contributed by atoms with E-state index in [1.165, 1.54) is 154 Å². The summed E-state index contributed by atoms with van der Waals surface area (Å²) in [5.41, 5.74) is 0. The highest BCUT2D eigenvalue weighted by atomic mass is 16.6. The quantitative estimate of drug-likeness (QED) is 0.0261. The molecule has 0 radical (unpaired) electrons. The van der Waals surface area contributed by atoms with Gasteiger partial charge in [0.2, 0.25) is 0 Å². The lowest BCUT2D eigenvalue weighted by Crippen LogP contribution is -2.30. The number of hydrogen-bond donors (Lipinski definition) is 0. The molecule has 6 nitrogen and oxygen atoms in total. The van der Waals surface area contributed by atoms with Crippen molar-refractivity contribution in [1.29, 1.82) is 0 Å². The van der Waals surface area contributed by atoms with Gasteiger partial charge < -0.3 is 14.2 Å². The molecule has 0 aromatic heterocycles. The minimum Gasteiger partial charge on any atom is -0.462 e. The van der Waals surface area contributed by atoms with Gasteiger partial charge in [0.1, 0.15) is 13.2 Å². The summed E-state index contributed by atoms with van der Waals surface area (Å²) in [5, 5.41) is 0. The molecule has 0 aromatic carbocycles. The Kier molecular flexibility index (Phi) is 59.8. The van der Waals surface area contributed by atoms with Crippen LogP contribution < -0.4 is 0 Å². The van der Waals surface area contributed by atoms with Crippen molar-refractivity contribution in [2.75, 3.05) is 13.2 Å². The Morgan fingerprint density at radius 2 is 0.520 bits per heavy atom. The molecule has 0 N–H and O–H groups in total. The highest BCUT2D eigenvalue weighted by Crippen LogP contribution is 2.17. The first-order valence-electron chi connectivity index (χ1n) is 31.7. The van der Waals surface area contributed by atoms with Gasteiger partial charge in [0.05, 0.1) is 0 Å². The van der Waals surface area contributed by atoms with Crippen molar-refractivity contribution >= 4 is 17.9 Å². The lowest BCUT2D eigenvalue weighted by molar-refractivity contribution is -0.167. The van der Waals surface area contributed by atoms with E-state index < -0.39 is 6.10 Å². The molecule has 0 heterocycles. The number of allylic oxidation sites excluding steroid dienone is 16. The highest BCUT2D eigenvalue weighted by Gasteiger charge is 2.19. The zero-order valence-corrected chi connectivity index (χ0v) is 49.3. The first kappa shape index (κ1) is 71.3. The van der Waals surface area contributed by atoms with E-state index in [1.54, 1.807) is 0 Å². The number of hydrogen-bond acceptors (Lipinski definition) is 6. The summed E-state index contributed by atoms with van der Waals surface area (Å²) < 4.78 is 16.8. The Labute approximate surface area is 464 Å². The van der Waals surface area contributed by atoms with Gasteiger partial charge in [-0.05, 0) is 96.3 Å². The number of unbranched alkanes of at least 4 members (excludes halogenated alkanes) is 30. The smallest absolute Gasteiger partial charge is 0.306 e. The van der Waals surface area contributed by atoms with Crippen LogP contribution in [0.5, 0.6) is 0 Å². The summed E-state index contributed by atoms with van der Waals surface area (Å²) in [7, 11) is 0. The standard InChI is InChI=1S/C69H118O6/c1-4-7-10-13-16-19-21-23-25-26-27-28-29-30-31-32-33-34-35-36-37-38-39-40-41-42-44-45-47-50-53-56-59-62-68(71)74-65-66(64-73-67(70)61-58-55-52-49-18-15-12-9-6-3)75-69(72)63-60-57-54-51-48-46-43-24-22-20-17-14-11-8-5-2/h7-8,10-11,16-17,19-20,23-25,27-28,43,48,51,66H,4-6,9,12-15,18,21-22,26,29-42,44-47,49-50,52-65H2,1-3H3/b10-7-,11-8-,19-16-,20-17-,25-23-,28-27-,43-24-,51-48-. The molecule has 0 aliphatic carbocycles. The summed E-state index contributed by atoms with van der Waals surface area (Å²) >= 11 is 0. The van der Waals surface area contributed by atoms with Gasteiger partial charge in [0.15, 0.2) is 6.10 Å². The zero-order chi connectivity index (χ0) is 54.3. The minimum atomic E-state index is -0.795. The number of esters is 3. The fourth-order valence-electron chi connectivity index (χ4n) is 8.90. The molecule has 0 saturated carbocycles. The number of carbonyl (C=O) groups is 3. The molecule has 6 heteroatoms. The second kappa shape index (κ2) is 62.9. The van der Waals surface area contributed by atoms with E-state index in [-0.39, 0.29) is 37.5 Å². The monoisotopic (exact) mass is 1040 g/mol. The van der Waals surface area contributed by atoms with Crippen molar-refractivity contribution in [2.45, 2.75) is 309 Å². The minimum absolute atomic E-state index is 0.0901. The van der Waals surface area contributed by atoms with Crippen LogP contribution in [0, 0.1) is 0 Å². The first-order valence-corrected chi connectivity index (χ1v) is 31.7. The molecule has 0 saturated heterocycles. The maximum Gasteiger partial charge on any atom is 0.306 e. The summed E-state index contributed by atoms with van der Waals surface area (Å²) in [6.45, 7) is 6.38. The summed E-state index contributed by atoms with van der Waals surface area (Å²) in [5.74, 6) is -0.926. The molecule has 0 amide bonds. The van der Waals surface area contributed by atoms with Crippen molar-refractivity contribution in [1.82, 2.24) is 0 Å². The van der Waals surface area contributed by atoms with Gasteiger partial charge >= 0.3 is 17.9 Å². The predicted octanol–water partition coefficient (Wildman–Crippen LogP) is 21.7. The molecule has 0 spiro atoms. The number of carbonyl (C=O) groups excluding carboxylic acids is 3. The summed E-state index contributed by atoms with van der Waals surface area (Å²) in [6, 6.07) is 0. The van der Waals surface area contributed by atoms with Crippen molar-refractivity contribution < 1.29 is 28.6 Å². The molecule has 75 heavy (non-hydrogen) atoms. The Morgan fingerprint density at radius 1 is 0.280 bits per heavy atom. The lowest BCUT2D eigenvalue weighted by Gasteiger charge is -2.18. The van der Waals surface area contributed by atoms with Gasteiger partial charge in [0, 0.05) is 19.3 Å². The zero-order valence-electron chi connectivity index (χ0n) is 49.3. The summed E-state index contributed by atoms with van der Waals surface area (Å²) in [6.07, 6.45) is 84.5. The SMILES string of the molecule is CC/C=C\C/C=C\C/C=C\C/C=C\CCCCCCCCCCCCCCCCCCCCCCC(=O)OCC(COC(=O)CCCCCCCCCCC)OC(=O)CCCC/C=C\C/C=C\C/C=C\C/C=C\CC. The molecule has 1 unspecified atom stereocenters. The van der Waals surface area contributed by atoms with E-state index in [4.69, 9.17) is 14.2 Å². The molecule has 0 bridgehead atoms. The van der Waals surface area contributed by atoms with Gasteiger partial charge in [-0.15, -0.1) is 0 Å². The van der Waals surface area contributed by atoms with Crippen LogP contribution in [-0.4, -0.2) is 37.2 Å². The van der Waals surface area contributed by atoms with E-state index >= 15 is 0 Å². The topological polar surface area (TPSA) is 78.9 Å². The van der Waals surface area contributed by atoms with Gasteiger partial charge in [-0.25, -0.2) is 0 Å². The Morgan fingerprint density at radius 3 is 0.840 bits per heavy atom. The molecule has 1 atom stereocenters. The normalized spacial score (nSPS) is 12.7. The van der Waals surface area contributed by atoms with Gasteiger partial charge in [-0.1, -0.05) is 285 Å². The molecule has 430 valence electrons.